The summed E-state index contributed by atoms with van der Waals surface area (Å²) >= 11 is 8.79. The van der Waals surface area contributed by atoms with E-state index in [1.54, 1.807) is 0 Å². The number of esters is 1. The molecule has 1 aliphatic rings. The second kappa shape index (κ2) is 8.80. The third-order valence-corrected chi connectivity index (χ3v) is 6.00. The predicted octanol–water partition coefficient (Wildman–Crippen LogP) is 6.54. The zero-order valence-electron chi connectivity index (χ0n) is 15.2. The lowest BCUT2D eigenvalue weighted by Gasteiger charge is -2.21. The minimum Gasteiger partial charge on any atom is -0.444 e. The van der Waals surface area contributed by atoms with Crippen LogP contribution in [0.3, 0.4) is 0 Å². The largest absolute Gasteiger partial charge is 0.444 e. The normalized spacial score (nSPS) is 15.2. The van der Waals surface area contributed by atoms with Gasteiger partial charge in [-0.1, -0.05) is 43.0 Å². The van der Waals surface area contributed by atoms with Crippen molar-refractivity contribution in [3.05, 3.63) is 45.0 Å². The van der Waals surface area contributed by atoms with Crippen molar-refractivity contribution in [2.24, 2.45) is 5.92 Å². The minimum atomic E-state index is -4.76. The van der Waals surface area contributed by atoms with Crippen molar-refractivity contribution in [3.8, 4) is 17.3 Å². The van der Waals surface area contributed by atoms with E-state index in [0.717, 1.165) is 23.8 Å². The van der Waals surface area contributed by atoms with Gasteiger partial charge in [0.15, 0.2) is 6.73 Å². The summed E-state index contributed by atoms with van der Waals surface area (Å²) in [6.07, 6.45) is -0.568. The lowest BCUT2D eigenvalue weighted by atomic mass is 9.89. The fourth-order valence-electron chi connectivity index (χ4n) is 3.59. The van der Waals surface area contributed by atoms with Gasteiger partial charge in [-0.05, 0) is 46.5 Å². The van der Waals surface area contributed by atoms with Gasteiger partial charge in [0.25, 0.3) is 0 Å². The number of hydrogen-bond acceptors (Lipinski definition) is 3. The van der Waals surface area contributed by atoms with Gasteiger partial charge in [0.05, 0.1) is 21.6 Å². The molecule has 9 heteroatoms. The van der Waals surface area contributed by atoms with Gasteiger partial charge in [0, 0.05) is 5.02 Å². The molecular formula is C20H17BrClF3N2O2. The highest BCUT2D eigenvalue weighted by molar-refractivity contribution is 9.10. The van der Waals surface area contributed by atoms with Gasteiger partial charge in [-0.3, -0.25) is 4.79 Å². The number of aromatic nitrogens is 1. The van der Waals surface area contributed by atoms with Crippen LogP contribution in [0.5, 0.6) is 0 Å². The number of nitrogens with zero attached hydrogens (tertiary/aromatic N) is 2. The highest BCUT2D eigenvalue weighted by atomic mass is 79.9. The topological polar surface area (TPSA) is 55.0 Å². The van der Waals surface area contributed by atoms with E-state index in [1.165, 1.54) is 24.3 Å². The lowest BCUT2D eigenvalue weighted by Crippen LogP contribution is -2.23. The Bertz CT molecular complexity index is 943. The molecular weight excluding hydrogens is 473 g/mol. The second-order valence-corrected chi connectivity index (χ2v) is 8.09. The monoisotopic (exact) mass is 488 g/mol. The third-order valence-electron chi connectivity index (χ3n) is 4.98. The van der Waals surface area contributed by atoms with E-state index in [1.807, 2.05) is 6.07 Å². The molecule has 154 valence electrons. The predicted molar refractivity (Wildman–Crippen MR) is 105 cm³/mol. The number of benzene rings is 1. The molecule has 0 radical (unpaired) electrons. The number of rotatable bonds is 4. The fourth-order valence-corrected chi connectivity index (χ4v) is 4.43. The summed E-state index contributed by atoms with van der Waals surface area (Å²) in [5, 5.41) is 9.91. The van der Waals surface area contributed by atoms with Crippen molar-refractivity contribution in [1.82, 2.24) is 4.57 Å². The summed E-state index contributed by atoms with van der Waals surface area (Å²) in [6.45, 7) is -0.636. The van der Waals surface area contributed by atoms with Gasteiger partial charge in [0.2, 0.25) is 0 Å². The summed E-state index contributed by atoms with van der Waals surface area (Å²) in [5.74, 6) is -0.810. The fraction of sp³-hybridized carbons (Fsp3) is 0.400. The van der Waals surface area contributed by atoms with E-state index in [2.05, 4.69) is 15.9 Å². The van der Waals surface area contributed by atoms with Crippen molar-refractivity contribution < 1.29 is 22.7 Å². The number of alkyl halides is 3. The third kappa shape index (κ3) is 4.62. The van der Waals surface area contributed by atoms with Crippen LogP contribution in [0.15, 0.2) is 28.7 Å². The Morgan fingerprint density at radius 3 is 2.41 bits per heavy atom. The maximum absolute atomic E-state index is 13.8. The van der Waals surface area contributed by atoms with Crippen LogP contribution in [0.2, 0.25) is 5.02 Å². The molecule has 0 saturated heterocycles. The van der Waals surface area contributed by atoms with Gasteiger partial charge >= 0.3 is 12.1 Å². The molecule has 0 N–H and O–H groups in total. The van der Waals surface area contributed by atoms with Gasteiger partial charge in [-0.25, -0.2) is 0 Å². The van der Waals surface area contributed by atoms with E-state index in [0.29, 0.717) is 23.4 Å². The Kier molecular flexibility index (Phi) is 6.59. The first kappa shape index (κ1) is 21.7. The van der Waals surface area contributed by atoms with E-state index < -0.39 is 24.6 Å². The van der Waals surface area contributed by atoms with Crippen molar-refractivity contribution in [2.45, 2.75) is 45.0 Å². The molecule has 1 saturated carbocycles. The van der Waals surface area contributed by atoms with Crippen LogP contribution in [-0.2, 0) is 22.4 Å². The Morgan fingerprint density at radius 1 is 1.24 bits per heavy atom. The summed E-state index contributed by atoms with van der Waals surface area (Å²) in [6, 6.07) is 7.89. The zero-order valence-corrected chi connectivity index (χ0v) is 17.6. The van der Waals surface area contributed by atoms with E-state index in [9.17, 15) is 23.2 Å². The van der Waals surface area contributed by atoms with Crippen LogP contribution in [0.1, 0.15) is 43.4 Å². The van der Waals surface area contributed by atoms with Crippen LogP contribution >= 0.6 is 27.5 Å². The molecule has 0 bridgehead atoms. The number of ether oxygens (including phenoxy) is 1. The molecule has 1 aromatic carbocycles. The van der Waals surface area contributed by atoms with Crippen LogP contribution in [0.25, 0.3) is 11.3 Å². The average Bonchev–Trinajstić information content (AvgIpc) is 2.99. The number of halogens is 5. The average molecular weight is 490 g/mol. The van der Waals surface area contributed by atoms with E-state index in [-0.39, 0.29) is 21.6 Å². The van der Waals surface area contributed by atoms with Crippen LogP contribution in [0, 0.1) is 17.2 Å². The molecule has 2 aromatic rings. The quantitative estimate of drug-likeness (QED) is 0.458. The minimum absolute atomic E-state index is 0.0137. The molecule has 0 aliphatic heterocycles. The van der Waals surface area contributed by atoms with Crippen LogP contribution < -0.4 is 0 Å². The van der Waals surface area contributed by atoms with Gasteiger partial charge in [-0.15, -0.1) is 0 Å². The Morgan fingerprint density at radius 2 is 1.86 bits per heavy atom. The molecule has 0 amide bonds. The summed E-state index contributed by atoms with van der Waals surface area (Å²) in [5.41, 5.74) is -0.889. The second-order valence-electron chi connectivity index (χ2n) is 6.86. The zero-order chi connectivity index (χ0) is 21.2. The standard InChI is InChI=1S/C20H17BrClF3N2O2/c21-16-15(10-26)17(12-6-8-14(22)9-7-12)27(18(16)20(23,24)25)11-29-19(28)13-4-2-1-3-5-13/h6-9,13H,1-5,11H2. The molecule has 3 rings (SSSR count). The number of carbonyl (C=O) groups excluding carboxylic acids is 1. The Labute approximate surface area is 179 Å². The SMILES string of the molecule is N#Cc1c(Br)c(C(F)(F)F)n(COC(=O)C2CCCCC2)c1-c1ccc(Cl)cc1. The lowest BCUT2D eigenvalue weighted by molar-refractivity contribution is -0.159. The van der Waals surface area contributed by atoms with E-state index >= 15 is 0 Å². The van der Waals surface area contributed by atoms with Gasteiger partial charge in [-0.2, -0.15) is 18.4 Å². The molecule has 0 spiro atoms. The first-order valence-electron chi connectivity index (χ1n) is 9.06. The molecule has 0 atom stereocenters. The molecule has 29 heavy (non-hydrogen) atoms. The molecule has 1 aromatic heterocycles. The molecule has 1 aliphatic carbocycles. The van der Waals surface area contributed by atoms with Gasteiger partial charge in [0.1, 0.15) is 11.8 Å². The number of nitriles is 1. The van der Waals surface area contributed by atoms with Crippen molar-refractivity contribution in [1.29, 1.82) is 5.26 Å². The van der Waals surface area contributed by atoms with Crippen molar-refractivity contribution in [2.75, 3.05) is 0 Å². The van der Waals surface area contributed by atoms with Crippen molar-refractivity contribution >= 4 is 33.5 Å². The maximum atomic E-state index is 13.8. The van der Waals surface area contributed by atoms with E-state index in [4.69, 9.17) is 16.3 Å². The smallest absolute Gasteiger partial charge is 0.432 e. The van der Waals surface area contributed by atoms with Crippen molar-refractivity contribution in [3.63, 3.8) is 0 Å². The van der Waals surface area contributed by atoms with Gasteiger partial charge < -0.3 is 9.30 Å². The highest BCUT2D eigenvalue weighted by Gasteiger charge is 2.41. The van der Waals surface area contributed by atoms with Crippen LogP contribution in [-0.4, -0.2) is 10.5 Å². The molecule has 0 unspecified atom stereocenters. The summed E-state index contributed by atoms with van der Waals surface area (Å²) < 4.78 is 47.0. The Balaban J connectivity index is 2.04. The number of carbonyl (C=O) groups is 1. The summed E-state index contributed by atoms with van der Waals surface area (Å²) in [4.78, 5) is 12.4. The maximum Gasteiger partial charge on any atom is 0.432 e. The molecule has 1 heterocycles. The van der Waals surface area contributed by atoms with Crippen LogP contribution in [0.4, 0.5) is 13.2 Å². The Hall–Kier alpha value is -1.98. The first-order chi connectivity index (χ1) is 13.7. The molecule has 1 fully saturated rings. The number of hydrogen-bond donors (Lipinski definition) is 0. The highest BCUT2D eigenvalue weighted by Crippen LogP contribution is 2.43. The summed E-state index contributed by atoms with van der Waals surface area (Å²) in [7, 11) is 0. The molecule has 4 nitrogen and oxygen atoms in total. The first-order valence-corrected chi connectivity index (χ1v) is 10.2.